The van der Waals surface area contributed by atoms with E-state index in [0.717, 1.165) is 5.56 Å². The highest BCUT2D eigenvalue weighted by Gasteiger charge is 2.13. The zero-order valence-corrected chi connectivity index (χ0v) is 15.2. The fourth-order valence-electron chi connectivity index (χ4n) is 3.55. The lowest BCUT2D eigenvalue weighted by molar-refractivity contribution is 0.412. The molecule has 4 nitrogen and oxygen atoms in total. The largest absolute Gasteiger partial charge is 0.372 e. The third kappa shape index (κ3) is 5.20. The van der Waals surface area contributed by atoms with E-state index in [0.29, 0.717) is 11.2 Å². The van der Waals surface area contributed by atoms with Crippen molar-refractivity contribution in [2.75, 3.05) is 18.0 Å². The lowest BCUT2D eigenvalue weighted by Gasteiger charge is -2.28. The monoisotopic (exact) mass is 344 g/mol. The Labute approximate surface area is 150 Å². The summed E-state index contributed by atoms with van der Waals surface area (Å²) in [5.41, 5.74) is 5.34. The van der Waals surface area contributed by atoms with Gasteiger partial charge in [0.2, 0.25) is 0 Å². The van der Waals surface area contributed by atoms with Gasteiger partial charge in [-0.05, 0) is 62.0 Å². The summed E-state index contributed by atoms with van der Waals surface area (Å²) in [6, 6.07) is 9.12. The molecule has 1 heterocycles. The van der Waals surface area contributed by atoms with Crippen LogP contribution in [0.3, 0.4) is 0 Å². The Morgan fingerprint density at radius 3 is 2.38 bits per heavy atom. The molecule has 130 valence electrons. The van der Waals surface area contributed by atoms with Gasteiger partial charge in [-0.3, -0.25) is 5.43 Å². The second kappa shape index (κ2) is 9.02. The molecule has 0 atom stereocenters. The van der Waals surface area contributed by atoms with Crippen molar-refractivity contribution in [2.45, 2.75) is 57.4 Å². The number of hydrazone groups is 1. The average Bonchev–Trinajstić information content (AvgIpc) is 2.64. The van der Waals surface area contributed by atoms with Crippen LogP contribution in [-0.2, 0) is 0 Å². The number of hydrogen-bond acceptors (Lipinski definition) is 3. The highest BCUT2D eigenvalue weighted by Crippen LogP contribution is 2.20. The minimum Gasteiger partial charge on any atom is -0.372 e. The summed E-state index contributed by atoms with van der Waals surface area (Å²) in [6.07, 6.45) is 12.2. The van der Waals surface area contributed by atoms with Crippen molar-refractivity contribution in [1.29, 1.82) is 0 Å². The first-order valence-electron chi connectivity index (χ1n) is 9.26. The van der Waals surface area contributed by atoms with Crippen LogP contribution in [0.15, 0.2) is 29.4 Å². The summed E-state index contributed by atoms with van der Waals surface area (Å²) in [4.78, 5) is 2.46. The van der Waals surface area contributed by atoms with Crippen molar-refractivity contribution in [3.8, 4) is 0 Å². The Bertz CT molecular complexity index is 543. The van der Waals surface area contributed by atoms with Crippen LogP contribution >= 0.6 is 12.2 Å². The minimum atomic E-state index is 0.512. The van der Waals surface area contributed by atoms with Gasteiger partial charge >= 0.3 is 0 Å². The zero-order chi connectivity index (χ0) is 16.6. The second-order valence-electron chi connectivity index (χ2n) is 6.82. The lowest BCUT2D eigenvalue weighted by Crippen LogP contribution is -2.40. The molecule has 1 aromatic carbocycles. The minimum absolute atomic E-state index is 0.512. The molecule has 2 N–H and O–H groups in total. The van der Waals surface area contributed by atoms with Crippen LogP contribution in [0.4, 0.5) is 5.69 Å². The van der Waals surface area contributed by atoms with E-state index in [4.69, 9.17) is 12.2 Å². The first-order valence-corrected chi connectivity index (χ1v) is 9.67. The number of nitrogens with zero attached hydrogens (tertiary/aromatic N) is 2. The smallest absolute Gasteiger partial charge is 0.187 e. The van der Waals surface area contributed by atoms with Crippen molar-refractivity contribution < 1.29 is 0 Å². The second-order valence-corrected chi connectivity index (χ2v) is 7.23. The van der Waals surface area contributed by atoms with Crippen LogP contribution in [0, 0.1) is 0 Å². The topological polar surface area (TPSA) is 39.7 Å². The number of anilines is 1. The molecule has 1 aliphatic heterocycles. The van der Waals surface area contributed by atoms with Crippen LogP contribution in [-0.4, -0.2) is 30.5 Å². The molecule has 0 spiro atoms. The number of hydrogen-bond donors (Lipinski definition) is 2. The van der Waals surface area contributed by atoms with Crippen molar-refractivity contribution in [3.05, 3.63) is 29.8 Å². The van der Waals surface area contributed by atoms with E-state index in [9.17, 15) is 0 Å². The predicted molar refractivity (Wildman–Crippen MR) is 106 cm³/mol. The molecular weight excluding hydrogens is 316 g/mol. The number of nitrogens with one attached hydrogen (secondary N) is 2. The zero-order valence-electron chi connectivity index (χ0n) is 14.3. The van der Waals surface area contributed by atoms with E-state index in [1.807, 2.05) is 6.21 Å². The summed E-state index contributed by atoms with van der Waals surface area (Å²) in [5, 5.41) is 8.24. The normalized spacial score (nSPS) is 19.4. The van der Waals surface area contributed by atoms with E-state index in [1.54, 1.807) is 0 Å². The number of thiocarbonyl (C=S) groups is 1. The summed E-state index contributed by atoms with van der Waals surface area (Å²) < 4.78 is 0. The maximum Gasteiger partial charge on any atom is 0.187 e. The van der Waals surface area contributed by atoms with Gasteiger partial charge in [0.25, 0.3) is 0 Å². The van der Waals surface area contributed by atoms with Gasteiger partial charge < -0.3 is 10.2 Å². The number of rotatable bonds is 4. The molecule has 1 saturated carbocycles. The quantitative estimate of drug-likeness (QED) is 0.495. The first kappa shape index (κ1) is 17.2. The molecule has 1 aromatic rings. The fraction of sp³-hybridized carbons (Fsp3) is 0.579. The third-order valence-corrected chi connectivity index (χ3v) is 5.14. The SMILES string of the molecule is S=C(N/N=C\c1ccc(N2CCCCC2)cc1)NC1CCCCC1. The molecule has 2 aliphatic rings. The van der Waals surface area contributed by atoms with Crippen LogP contribution in [0.2, 0.25) is 0 Å². The summed E-state index contributed by atoms with van der Waals surface area (Å²) in [6.45, 7) is 2.35. The maximum absolute atomic E-state index is 5.31. The summed E-state index contributed by atoms with van der Waals surface area (Å²) in [5.74, 6) is 0. The highest BCUT2D eigenvalue weighted by atomic mass is 32.1. The lowest BCUT2D eigenvalue weighted by atomic mass is 9.96. The molecule has 0 unspecified atom stereocenters. The average molecular weight is 345 g/mol. The molecular formula is C19H28N4S. The highest BCUT2D eigenvalue weighted by molar-refractivity contribution is 7.80. The van der Waals surface area contributed by atoms with E-state index < -0.39 is 0 Å². The molecule has 2 fully saturated rings. The van der Waals surface area contributed by atoms with Gasteiger partial charge in [0.05, 0.1) is 6.21 Å². The molecule has 0 amide bonds. The third-order valence-electron chi connectivity index (χ3n) is 4.93. The standard InChI is InChI=1S/C19H28N4S/c24-19(21-17-7-3-1-4-8-17)22-20-15-16-9-11-18(12-10-16)23-13-5-2-6-14-23/h9-12,15,17H,1-8,13-14H2,(H2,21,22,24)/b20-15-. The van der Waals surface area contributed by atoms with Gasteiger partial charge in [-0.25, -0.2) is 0 Å². The van der Waals surface area contributed by atoms with Gasteiger partial charge in [0.15, 0.2) is 5.11 Å². The van der Waals surface area contributed by atoms with Gasteiger partial charge in [-0.15, -0.1) is 0 Å². The van der Waals surface area contributed by atoms with E-state index in [1.165, 1.54) is 70.1 Å². The van der Waals surface area contributed by atoms with Crippen LogP contribution < -0.4 is 15.6 Å². The summed E-state index contributed by atoms with van der Waals surface area (Å²) >= 11 is 5.31. The molecule has 24 heavy (non-hydrogen) atoms. The number of piperidine rings is 1. The molecule has 0 aromatic heterocycles. The Morgan fingerprint density at radius 1 is 1.00 bits per heavy atom. The van der Waals surface area contributed by atoms with Crippen LogP contribution in [0.5, 0.6) is 0 Å². The predicted octanol–water partition coefficient (Wildman–Crippen LogP) is 3.81. The van der Waals surface area contributed by atoms with E-state index >= 15 is 0 Å². The Balaban J connectivity index is 1.44. The van der Waals surface area contributed by atoms with Crippen molar-refractivity contribution in [3.63, 3.8) is 0 Å². The van der Waals surface area contributed by atoms with Crippen LogP contribution in [0.25, 0.3) is 0 Å². The number of benzene rings is 1. The van der Waals surface area contributed by atoms with Gasteiger partial charge in [-0.1, -0.05) is 31.4 Å². The first-order chi connectivity index (χ1) is 11.8. The summed E-state index contributed by atoms with van der Waals surface area (Å²) in [7, 11) is 0. The van der Waals surface area contributed by atoms with Crippen molar-refractivity contribution >= 4 is 29.2 Å². The van der Waals surface area contributed by atoms with Gasteiger partial charge in [0, 0.05) is 24.8 Å². The molecule has 0 bridgehead atoms. The Kier molecular flexibility index (Phi) is 6.47. The maximum atomic E-state index is 5.31. The fourth-order valence-corrected chi connectivity index (χ4v) is 3.77. The molecule has 1 aliphatic carbocycles. The van der Waals surface area contributed by atoms with Crippen molar-refractivity contribution in [2.24, 2.45) is 5.10 Å². The van der Waals surface area contributed by atoms with Crippen molar-refractivity contribution in [1.82, 2.24) is 10.7 Å². The Morgan fingerprint density at radius 2 is 1.67 bits per heavy atom. The molecule has 0 radical (unpaired) electrons. The van der Waals surface area contributed by atoms with Gasteiger partial charge in [0.1, 0.15) is 0 Å². The van der Waals surface area contributed by atoms with E-state index in [2.05, 4.69) is 45.0 Å². The van der Waals surface area contributed by atoms with Gasteiger partial charge in [-0.2, -0.15) is 5.10 Å². The Hall–Kier alpha value is -1.62. The molecule has 3 rings (SSSR count). The molecule has 5 heteroatoms. The van der Waals surface area contributed by atoms with Crippen LogP contribution in [0.1, 0.15) is 56.9 Å². The van der Waals surface area contributed by atoms with E-state index in [-0.39, 0.29) is 0 Å². The molecule has 1 saturated heterocycles.